The van der Waals surface area contributed by atoms with E-state index < -0.39 is 0 Å². The number of carbonyl (C=O) groups excluding carboxylic acids is 8. The van der Waals surface area contributed by atoms with Crippen LogP contribution in [0.5, 0.6) is 0 Å². The fraction of sp³-hybridized carbons (Fsp3) is 0.407. The van der Waals surface area contributed by atoms with Crippen LogP contribution in [0.2, 0.25) is 0 Å². The lowest BCUT2D eigenvalue weighted by Gasteiger charge is -2.29. The molecule has 4 saturated carbocycles. The van der Waals surface area contributed by atoms with Crippen LogP contribution in [0.25, 0.3) is 22.3 Å². The summed E-state index contributed by atoms with van der Waals surface area (Å²) in [4.78, 5) is 92.4. The summed E-state index contributed by atoms with van der Waals surface area (Å²) in [6, 6.07) is 32.9. The van der Waals surface area contributed by atoms with Crippen molar-refractivity contribution < 1.29 is 76.3 Å². The topological polar surface area (TPSA) is 210 Å². The van der Waals surface area contributed by atoms with Crippen molar-refractivity contribution in [2.45, 2.75) is 210 Å². The number of benzene rings is 4. The van der Waals surface area contributed by atoms with Crippen LogP contribution in [0, 0.1) is 47.3 Å². The second-order valence-electron chi connectivity index (χ2n) is 35.0. The minimum Gasteiger partial charge on any atom is -0.462 e. The molecular formula is C108H128O16. The van der Waals surface area contributed by atoms with Crippen LogP contribution >= 0.6 is 0 Å². The number of hydrogen-bond acceptors (Lipinski definition) is 16. The van der Waals surface area contributed by atoms with Gasteiger partial charge in [-0.15, -0.1) is 0 Å². The monoisotopic (exact) mass is 1680 g/mol. The van der Waals surface area contributed by atoms with Crippen molar-refractivity contribution in [2.24, 2.45) is 47.3 Å². The van der Waals surface area contributed by atoms with E-state index in [0.29, 0.717) is 118 Å². The first-order chi connectivity index (χ1) is 59.3. The predicted molar refractivity (Wildman–Crippen MR) is 492 cm³/mol. The lowest BCUT2D eigenvalue weighted by molar-refractivity contribution is -0.141. The van der Waals surface area contributed by atoms with Gasteiger partial charge in [0, 0.05) is 44.6 Å². The standard InChI is InChI=1S/4C27H32O4/c4*1-18(2)26(28)30-16-20-5-9-22(10-6-20)24-13-14-25(15-24)23-11-7-21(8-12-23)17-31-27(29)19(3)4/h4*5-6,9-10,13-14,21,23H,1,3,7-8,11-12,15-17H2,2,4H3. The number of ether oxygens (including phenoxy) is 8. The molecule has 12 rings (SSSR count). The van der Waals surface area contributed by atoms with Gasteiger partial charge in [0.05, 0.1) is 26.4 Å². The van der Waals surface area contributed by atoms with Gasteiger partial charge in [0.15, 0.2) is 0 Å². The average Bonchev–Trinajstić information content (AvgIpc) is 1.69. The van der Waals surface area contributed by atoms with Gasteiger partial charge in [-0.2, -0.15) is 0 Å². The number of hydrogen-bond donors (Lipinski definition) is 0. The van der Waals surface area contributed by atoms with Crippen molar-refractivity contribution >= 4 is 70.0 Å². The first kappa shape index (κ1) is 96.3. The summed E-state index contributed by atoms with van der Waals surface area (Å²) in [7, 11) is 0. The number of allylic oxidation sites excluding steroid dienone is 16. The molecule has 0 aromatic heterocycles. The molecule has 0 unspecified atom stereocenters. The Hall–Kier alpha value is -11.5. The maximum atomic E-state index is 11.6. The summed E-state index contributed by atoms with van der Waals surface area (Å²) in [5.74, 6) is 1.71. The van der Waals surface area contributed by atoms with Gasteiger partial charge in [-0.1, -0.05) is 221 Å². The molecule has 656 valence electrons. The lowest BCUT2D eigenvalue weighted by Crippen LogP contribution is -2.21. The van der Waals surface area contributed by atoms with Gasteiger partial charge >= 0.3 is 47.8 Å². The number of rotatable bonds is 32. The maximum absolute atomic E-state index is 11.6. The molecular weight excluding hydrogens is 1550 g/mol. The Morgan fingerprint density at radius 1 is 0.226 bits per heavy atom. The van der Waals surface area contributed by atoms with E-state index in [9.17, 15) is 38.4 Å². The third-order valence-corrected chi connectivity index (χ3v) is 24.4. The zero-order chi connectivity index (χ0) is 89.5. The largest absolute Gasteiger partial charge is 0.462 e. The zero-order valence-corrected chi connectivity index (χ0v) is 74.5. The van der Waals surface area contributed by atoms with E-state index in [2.05, 4.69) is 150 Å². The SMILES string of the molecule is C=C(C)C(=O)OCc1ccc(C2=CC=C(C3CCC(COC(=O)C(=C)C)CC3)C2)cc1.C=C(C)C(=O)OCc1ccc(C2=CC=C(C3CCC(COC(=O)C(=C)C)CC3)C2)cc1.C=C(C)C(=O)OCc1ccc(C2=CC=C(C3CCC(COC(=O)C(=C)C)CC3)C2)cc1.C=C(C)C(=O)OCc1ccc(C2=CC=C(C3CCC(COC(=O)C(=C)C)CC3)C2)cc1. The van der Waals surface area contributed by atoms with Crippen LogP contribution < -0.4 is 0 Å². The normalized spacial score (nSPS) is 20.5. The van der Waals surface area contributed by atoms with Crippen molar-refractivity contribution in [1.82, 2.24) is 0 Å². The third kappa shape index (κ3) is 30.5. The molecule has 4 aromatic rings. The van der Waals surface area contributed by atoms with E-state index in [1.54, 1.807) is 55.4 Å². The molecule has 4 fully saturated rings. The van der Waals surface area contributed by atoms with E-state index in [0.717, 1.165) is 151 Å². The maximum Gasteiger partial charge on any atom is 0.333 e. The summed E-state index contributed by atoms with van der Waals surface area (Å²) in [6.45, 7) is 45.3. The molecule has 124 heavy (non-hydrogen) atoms. The average molecular weight is 1680 g/mol. The van der Waals surface area contributed by atoms with Crippen molar-refractivity contribution in [3.63, 3.8) is 0 Å². The minimum atomic E-state index is -0.361. The molecule has 4 aromatic carbocycles. The Kier molecular flexibility index (Phi) is 37.2. The summed E-state index contributed by atoms with van der Waals surface area (Å²) in [5, 5.41) is 0. The van der Waals surface area contributed by atoms with Gasteiger partial charge in [-0.3, -0.25) is 0 Å². The fourth-order valence-corrected chi connectivity index (χ4v) is 16.5. The van der Waals surface area contributed by atoms with Crippen molar-refractivity contribution in [2.75, 3.05) is 26.4 Å². The van der Waals surface area contributed by atoms with Crippen molar-refractivity contribution in [1.29, 1.82) is 0 Å². The van der Waals surface area contributed by atoms with Crippen LogP contribution in [0.4, 0.5) is 0 Å². The molecule has 0 saturated heterocycles. The quantitative estimate of drug-likeness (QED) is 0.0253. The Bertz CT molecular complexity index is 4250. The highest BCUT2D eigenvalue weighted by Crippen LogP contribution is 2.45. The van der Waals surface area contributed by atoms with Gasteiger partial charge in [-0.05, 0) is 298 Å². The summed E-state index contributed by atoms with van der Waals surface area (Å²) in [5.41, 5.74) is 23.6. The predicted octanol–water partition coefficient (Wildman–Crippen LogP) is 23.8. The van der Waals surface area contributed by atoms with Gasteiger partial charge in [0.25, 0.3) is 0 Å². The molecule has 0 amide bonds. The first-order valence-corrected chi connectivity index (χ1v) is 43.9. The first-order valence-electron chi connectivity index (χ1n) is 43.9. The summed E-state index contributed by atoms with van der Waals surface area (Å²) in [6.07, 6.45) is 40.0. The van der Waals surface area contributed by atoms with E-state index >= 15 is 0 Å². The van der Waals surface area contributed by atoms with Gasteiger partial charge in [0.1, 0.15) is 26.4 Å². The lowest BCUT2D eigenvalue weighted by atomic mass is 9.78. The molecule has 0 bridgehead atoms. The van der Waals surface area contributed by atoms with E-state index in [-0.39, 0.29) is 74.2 Å². The van der Waals surface area contributed by atoms with Crippen LogP contribution in [0.3, 0.4) is 0 Å². The molecule has 0 N–H and O–H groups in total. The van der Waals surface area contributed by atoms with Crippen LogP contribution in [0.1, 0.15) is 228 Å². The fourth-order valence-electron chi connectivity index (χ4n) is 16.5. The Morgan fingerprint density at radius 3 is 0.532 bits per heavy atom. The minimum absolute atomic E-state index is 0.263. The molecule has 0 aliphatic heterocycles. The molecule has 0 spiro atoms. The second kappa shape index (κ2) is 47.9. The number of carbonyl (C=O) groups is 8. The summed E-state index contributed by atoms with van der Waals surface area (Å²) < 4.78 is 42.2. The molecule has 8 aliphatic carbocycles. The van der Waals surface area contributed by atoms with Gasteiger partial charge < -0.3 is 37.9 Å². The summed E-state index contributed by atoms with van der Waals surface area (Å²) >= 11 is 0. The van der Waals surface area contributed by atoms with Crippen LogP contribution in [0.15, 0.2) is 265 Å². The van der Waals surface area contributed by atoms with E-state index in [1.807, 2.05) is 48.5 Å². The molecule has 0 radical (unpaired) electrons. The van der Waals surface area contributed by atoms with Crippen molar-refractivity contribution in [3.8, 4) is 0 Å². The highest BCUT2D eigenvalue weighted by atomic mass is 16.6. The van der Waals surface area contributed by atoms with E-state index in [4.69, 9.17) is 37.9 Å². The Morgan fingerprint density at radius 2 is 0.379 bits per heavy atom. The zero-order valence-electron chi connectivity index (χ0n) is 74.5. The molecule has 0 atom stereocenters. The van der Waals surface area contributed by atoms with Gasteiger partial charge in [-0.25, -0.2) is 38.4 Å². The second-order valence-corrected chi connectivity index (χ2v) is 35.0. The van der Waals surface area contributed by atoms with Crippen LogP contribution in [-0.2, 0) is 103 Å². The number of esters is 8. The van der Waals surface area contributed by atoms with Gasteiger partial charge in [0.2, 0.25) is 0 Å². The molecule has 16 nitrogen and oxygen atoms in total. The van der Waals surface area contributed by atoms with Crippen LogP contribution in [-0.4, -0.2) is 74.2 Å². The third-order valence-electron chi connectivity index (χ3n) is 24.4. The smallest absolute Gasteiger partial charge is 0.333 e. The molecule has 8 aliphatic rings. The Balaban J connectivity index is 0.000000187. The van der Waals surface area contributed by atoms with Crippen molar-refractivity contribution in [3.05, 3.63) is 310 Å². The highest BCUT2D eigenvalue weighted by Gasteiger charge is 2.32. The Labute approximate surface area is 735 Å². The highest BCUT2D eigenvalue weighted by molar-refractivity contribution is 5.90. The molecule has 0 heterocycles. The molecule has 16 heteroatoms. The van der Waals surface area contributed by atoms with E-state index in [1.165, 1.54) is 66.8 Å².